The van der Waals surface area contributed by atoms with Crippen LogP contribution in [0, 0.1) is 17.8 Å². The minimum Gasteiger partial charge on any atom is -0.313 e. The van der Waals surface area contributed by atoms with Gasteiger partial charge < -0.3 is 5.32 Å². The van der Waals surface area contributed by atoms with Crippen LogP contribution in [-0.2, 0) is 0 Å². The van der Waals surface area contributed by atoms with Crippen molar-refractivity contribution < 1.29 is 0 Å². The van der Waals surface area contributed by atoms with E-state index in [0.717, 1.165) is 23.3 Å². The molecule has 0 aliphatic heterocycles. The van der Waals surface area contributed by atoms with E-state index in [4.69, 9.17) is 0 Å². The van der Waals surface area contributed by atoms with E-state index < -0.39 is 0 Å². The van der Waals surface area contributed by atoms with Crippen LogP contribution < -0.4 is 5.32 Å². The van der Waals surface area contributed by atoms with Crippen LogP contribution in [0.2, 0.25) is 0 Å². The highest BCUT2D eigenvalue weighted by molar-refractivity contribution is 5.82. The fraction of sp³-hybridized carbons (Fsp3) is 0.526. The third kappa shape index (κ3) is 2.36. The normalized spacial score (nSPS) is 29.1. The van der Waals surface area contributed by atoms with Crippen LogP contribution in [0.4, 0.5) is 0 Å². The van der Waals surface area contributed by atoms with E-state index in [-0.39, 0.29) is 0 Å². The van der Waals surface area contributed by atoms with E-state index in [2.05, 4.69) is 47.7 Å². The molecule has 21 heavy (non-hydrogen) atoms. The zero-order valence-corrected chi connectivity index (χ0v) is 12.8. The smallest absolute Gasteiger partial charge is 0.0705 e. The lowest BCUT2D eigenvalue weighted by Crippen LogP contribution is -2.22. The van der Waals surface area contributed by atoms with Crippen molar-refractivity contribution in [2.75, 3.05) is 7.05 Å². The van der Waals surface area contributed by atoms with E-state index in [0.29, 0.717) is 6.04 Å². The number of fused-ring (bicyclic) bond motifs is 3. The van der Waals surface area contributed by atoms with E-state index in [9.17, 15) is 0 Å². The Morgan fingerprint density at radius 3 is 2.90 bits per heavy atom. The molecule has 0 spiro atoms. The third-order valence-corrected chi connectivity index (χ3v) is 5.83. The molecule has 2 aliphatic rings. The van der Waals surface area contributed by atoms with Crippen LogP contribution in [-0.4, -0.2) is 12.0 Å². The number of hydrogen-bond donors (Lipinski definition) is 1. The number of aromatic nitrogens is 1. The standard InChI is InChI=1S/C19H24N2/c1-20-19(12-15-11-13-7-8-14(15)10-13)17-4-2-6-18-16(17)5-3-9-21-18/h2-6,9,13-15,19-20H,7-8,10-12H2,1H3. The second-order valence-electron chi connectivity index (χ2n) is 6.93. The fourth-order valence-corrected chi connectivity index (χ4v) is 4.80. The highest BCUT2D eigenvalue weighted by Crippen LogP contribution is 2.51. The van der Waals surface area contributed by atoms with Crippen LogP contribution in [0.25, 0.3) is 10.9 Å². The lowest BCUT2D eigenvalue weighted by molar-refractivity contribution is 0.284. The Hall–Kier alpha value is -1.41. The summed E-state index contributed by atoms with van der Waals surface area (Å²) in [5.74, 6) is 2.96. The summed E-state index contributed by atoms with van der Waals surface area (Å²) in [5.41, 5.74) is 2.54. The molecule has 4 atom stereocenters. The summed E-state index contributed by atoms with van der Waals surface area (Å²) in [5, 5.41) is 4.88. The predicted molar refractivity (Wildman–Crippen MR) is 87.1 cm³/mol. The molecule has 2 nitrogen and oxygen atoms in total. The first-order valence-corrected chi connectivity index (χ1v) is 8.36. The average molecular weight is 280 g/mol. The molecule has 1 N–H and O–H groups in total. The molecule has 1 aromatic carbocycles. The van der Waals surface area contributed by atoms with E-state index in [1.54, 1.807) is 0 Å². The molecule has 2 saturated carbocycles. The number of nitrogens with zero attached hydrogens (tertiary/aromatic N) is 1. The molecule has 110 valence electrons. The number of rotatable bonds is 4. The minimum absolute atomic E-state index is 0.460. The van der Waals surface area contributed by atoms with Crippen LogP contribution in [0.1, 0.15) is 43.7 Å². The maximum Gasteiger partial charge on any atom is 0.0705 e. The Morgan fingerprint density at radius 1 is 1.19 bits per heavy atom. The Kier molecular flexibility index (Phi) is 3.42. The van der Waals surface area contributed by atoms with Gasteiger partial charge in [0.25, 0.3) is 0 Å². The van der Waals surface area contributed by atoms with Crippen molar-refractivity contribution in [1.82, 2.24) is 10.3 Å². The highest BCUT2D eigenvalue weighted by Gasteiger charge is 2.40. The van der Waals surface area contributed by atoms with Gasteiger partial charge in [0.15, 0.2) is 0 Å². The van der Waals surface area contributed by atoms with E-state index in [1.165, 1.54) is 43.1 Å². The molecule has 2 aliphatic carbocycles. The van der Waals surface area contributed by atoms with Crippen molar-refractivity contribution in [2.45, 2.75) is 38.1 Å². The number of nitrogens with one attached hydrogen (secondary N) is 1. The van der Waals surface area contributed by atoms with Gasteiger partial charge in [-0.15, -0.1) is 0 Å². The molecule has 4 rings (SSSR count). The monoisotopic (exact) mass is 280 g/mol. The lowest BCUT2D eigenvalue weighted by atomic mass is 9.82. The molecule has 1 aromatic heterocycles. The SMILES string of the molecule is CNC(CC1CC2CCC1C2)c1cccc2ncccc12. The van der Waals surface area contributed by atoms with Crippen LogP contribution in [0.15, 0.2) is 36.5 Å². The van der Waals surface area contributed by atoms with Gasteiger partial charge in [0.05, 0.1) is 5.52 Å². The summed E-state index contributed by atoms with van der Waals surface area (Å²) < 4.78 is 0. The van der Waals surface area contributed by atoms with E-state index >= 15 is 0 Å². The first-order valence-electron chi connectivity index (χ1n) is 8.36. The first-order chi connectivity index (χ1) is 10.3. The van der Waals surface area contributed by atoms with Crippen molar-refractivity contribution in [2.24, 2.45) is 17.8 Å². The predicted octanol–water partition coefficient (Wildman–Crippen LogP) is 4.32. The fourth-order valence-electron chi connectivity index (χ4n) is 4.80. The third-order valence-electron chi connectivity index (χ3n) is 5.83. The lowest BCUT2D eigenvalue weighted by Gasteiger charge is -2.27. The van der Waals surface area contributed by atoms with Gasteiger partial charge in [-0.25, -0.2) is 0 Å². The highest BCUT2D eigenvalue weighted by atomic mass is 14.9. The summed E-state index contributed by atoms with van der Waals surface area (Å²) >= 11 is 0. The molecular formula is C19H24N2. The molecule has 0 radical (unpaired) electrons. The number of benzene rings is 1. The minimum atomic E-state index is 0.460. The van der Waals surface area contributed by atoms with Gasteiger partial charge >= 0.3 is 0 Å². The second kappa shape index (κ2) is 5.42. The Morgan fingerprint density at radius 2 is 2.14 bits per heavy atom. The van der Waals surface area contributed by atoms with Crippen LogP contribution in [0.5, 0.6) is 0 Å². The molecule has 2 aromatic rings. The van der Waals surface area contributed by atoms with Gasteiger partial charge in [-0.1, -0.05) is 24.6 Å². The topological polar surface area (TPSA) is 24.9 Å². The number of hydrogen-bond acceptors (Lipinski definition) is 2. The number of pyridine rings is 1. The summed E-state index contributed by atoms with van der Waals surface area (Å²) in [7, 11) is 2.10. The summed E-state index contributed by atoms with van der Waals surface area (Å²) in [4.78, 5) is 4.50. The average Bonchev–Trinajstić information content (AvgIpc) is 3.15. The van der Waals surface area contributed by atoms with Crippen LogP contribution in [0.3, 0.4) is 0 Å². The maximum atomic E-state index is 4.50. The van der Waals surface area contributed by atoms with Gasteiger partial charge in [-0.2, -0.15) is 0 Å². The van der Waals surface area contributed by atoms with Gasteiger partial charge in [-0.3, -0.25) is 4.98 Å². The van der Waals surface area contributed by atoms with Crippen LogP contribution >= 0.6 is 0 Å². The molecule has 2 heteroatoms. The molecular weight excluding hydrogens is 256 g/mol. The van der Waals surface area contributed by atoms with Gasteiger partial charge in [0.2, 0.25) is 0 Å². The molecule has 2 fully saturated rings. The Balaban J connectivity index is 1.62. The molecule has 0 saturated heterocycles. The van der Waals surface area contributed by atoms with Crippen molar-refractivity contribution in [3.05, 3.63) is 42.1 Å². The largest absolute Gasteiger partial charge is 0.313 e. The van der Waals surface area contributed by atoms with Crippen molar-refractivity contribution in [3.63, 3.8) is 0 Å². The molecule has 0 amide bonds. The van der Waals surface area contributed by atoms with Gasteiger partial charge in [-0.05, 0) is 68.2 Å². The van der Waals surface area contributed by atoms with Crippen molar-refractivity contribution in [1.29, 1.82) is 0 Å². The molecule has 4 unspecified atom stereocenters. The first kappa shape index (κ1) is 13.3. The van der Waals surface area contributed by atoms with E-state index in [1.807, 2.05) is 6.20 Å². The van der Waals surface area contributed by atoms with Crippen molar-refractivity contribution >= 4 is 10.9 Å². The van der Waals surface area contributed by atoms with Gasteiger partial charge in [0.1, 0.15) is 0 Å². The quantitative estimate of drug-likeness (QED) is 0.902. The maximum absolute atomic E-state index is 4.50. The molecule has 1 heterocycles. The zero-order valence-electron chi connectivity index (χ0n) is 12.8. The second-order valence-corrected chi connectivity index (χ2v) is 6.93. The summed E-state index contributed by atoms with van der Waals surface area (Å²) in [6, 6.07) is 11.3. The Labute approximate surface area is 127 Å². The molecule has 2 bridgehead atoms. The zero-order chi connectivity index (χ0) is 14.2. The summed E-state index contributed by atoms with van der Waals surface area (Å²) in [6.45, 7) is 0. The summed E-state index contributed by atoms with van der Waals surface area (Å²) in [6.07, 6.45) is 9.10. The van der Waals surface area contributed by atoms with Crippen molar-refractivity contribution in [3.8, 4) is 0 Å². The van der Waals surface area contributed by atoms with Gasteiger partial charge in [0, 0.05) is 17.6 Å². The Bertz CT molecular complexity index is 631.